The molecule has 0 saturated carbocycles. The molecule has 0 bridgehead atoms. The smallest absolute Gasteiger partial charge is 0.550 e. The molecule has 66 valence electrons. The molecule has 0 saturated heterocycles. The summed E-state index contributed by atoms with van der Waals surface area (Å²) >= 11 is 0. The van der Waals surface area contributed by atoms with Gasteiger partial charge in [0.05, 0.1) is 0 Å². The molecule has 1 aliphatic rings. The Bertz CT molecular complexity index is 219. The van der Waals surface area contributed by atoms with Crippen LogP contribution in [0, 0.1) is 0 Å². The third-order valence-electron chi connectivity index (χ3n) is 1.92. The van der Waals surface area contributed by atoms with E-state index in [0.717, 1.165) is 19.3 Å². The van der Waals surface area contributed by atoms with Gasteiger partial charge in [0, 0.05) is 5.97 Å². The van der Waals surface area contributed by atoms with E-state index in [1.807, 2.05) is 0 Å². The maximum Gasteiger partial charge on any atom is 1.00 e. The average Bonchev–Trinajstić information content (AvgIpc) is 2.05. The first kappa shape index (κ1) is 12.9. The minimum Gasteiger partial charge on any atom is -0.550 e. The second-order valence-electron chi connectivity index (χ2n) is 2.98. The van der Waals surface area contributed by atoms with Crippen molar-refractivity contribution in [1.82, 2.24) is 0 Å². The summed E-state index contributed by atoms with van der Waals surface area (Å²) in [6.45, 7) is 0. The van der Waals surface area contributed by atoms with Crippen LogP contribution in [-0.2, 0) is 4.79 Å². The summed E-state index contributed by atoms with van der Waals surface area (Å²) in [5, 5.41) is 10.1. The second kappa shape index (κ2) is 7.36. The van der Waals surface area contributed by atoms with Crippen molar-refractivity contribution in [3.05, 3.63) is 23.8 Å². The summed E-state index contributed by atoms with van der Waals surface area (Å²) < 4.78 is 0. The number of rotatable bonds is 4. The topological polar surface area (TPSA) is 40.1 Å². The quantitative estimate of drug-likeness (QED) is 0.488. The predicted molar refractivity (Wildman–Crippen MR) is 45.3 cm³/mol. The third-order valence-corrected chi connectivity index (χ3v) is 1.92. The van der Waals surface area contributed by atoms with E-state index in [9.17, 15) is 9.90 Å². The fourth-order valence-electron chi connectivity index (χ4n) is 1.29. The largest absolute Gasteiger partial charge is 1.00 e. The minimum absolute atomic E-state index is 0. The van der Waals surface area contributed by atoms with Crippen LogP contribution in [0.2, 0.25) is 0 Å². The van der Waals surface area contributed by atoms with E-state index in [2.05, 4.69) is 18.2 Å². The molecule has 1 rings (SSSR count). The molecule has 0 aliphatic heterocycles. The number of hydrogen-bond donors (Lipinski definition) is 0. The zero-order chi connectivity index (χ0) is 8.81. The third kappa shape index (κ3) is 6.08. The summed E-state index contributed by atoms with van der Waals surface area (Å²) in [6.07, 6.45) is 10.3. The van der Waals surface area contributed by atoms with Gasteiger partial charge in [-0.25, -0.2) is 0 Å². The molecule has 0 aromatic rings. The molecule has 0 N–H and O–H groups in total. The van der Waals surface area contributed by atoms with Gasteiger partial charge < -0.3 is 9.90 Å². The van der Waals surface area contributed by atoms with Crippen molar-refractivity contribution in [3.8, 4) is 0 Å². The Morgan fingerprint density at radius 2 is 2.23 bits per heavy atom. The van der Waals surface area contributed by atoms with E-state index in [-0.39, 0.29) is 36.0 Å². The number of carboxylic acid groups (broad SMARTS) is 1. The molecule has 0 heterocycles. The van der Waals surface area contributed by atoms with Gasteiger partial charge in [-0.1, -0.05) is 23.8 Å². The number of hydrogen-bond acceptors (Lipinski definition) is 2. The van der Waals surface area contributed by atoms with Crippen molar-refractivity contribution in [3.63, 3.8) is 0 Å². The molecule has 0 amide bonds. The van der Waals surface area contributed by atoms with Gasteiger partial charge >= 0.3 is 29.6 Å². The van der Waals surface area contributed by atoms with Gasteiger partial charge in [-0.3, -0.25) is 0 Å². The number of aliphatic carboxylic acids is 1. The zero-order valence-electron chi connectivity index (χ0n) is 8.08. The van der Waals surface area contributed by atoms with Crippen LogP contribution in [0.4, 0.5) is 0 Å². The number of carboxylic acids is 1. The van der Waals surface area contributed by atoms with E-state index in [0.29, 0.717) is 6.42 Å². The monoisotopic (exact) mass is 188 g/mol. The van der Waals surface area contributed by atoms with E-state index in [1.54, 1.807) is 0 Å². The maximum absolute atomic E-state index is 10.1. The Balaban J connectivity index is 0.00000144. The fraction of sp³-hybridized carbons (Fsp3) is 0.500. The first-order valence-electron chi connectivity index (χ1n) is 4.34. The van der Waals surface area contributed by atoms with Crippen molar-refractivity contribution in [2.45, 2.75) is 32.1 Å². The standard InChI is InChI=1S/C10H14O2.Na/c11-10(12)8-4-7-9-5-2-1-3-6-9;/h2,5-6H,1,3-4,7-8H2,(H,11,12);/q;+1/p-1. The molecule has 3 heteroatoms. The van der Waals surface area contributed by atoms with Crippen molar-refractivity contribution in [1.29, 1.82) is 0 Å². The second-order valence-corrected chi connectivity index (χ2v) is 2.98. The average molecular weight is 188 g/mol. The van der Waals surface area contributed by atoms with Gasteiger partial charge in [-0.2, -0.15) is 0 Å². The molecule has 2 nitrogen and oxygen atoms in total. The number of allylic oxidation sites excluding steroid dienone is 4. The van der Waals surface area contributed by atoms with Crippen LogP contribution in [-0.4, -0.2) is 5.97 Å². The van der Waals surface area contributed by atoms with Crippen LogP contribution in [0.1, 0.15) is 32.1 Å². The van der Waals surface area contributed by atoms with Gasteiger partial charge in [0.2, 0.25) is 0 Å². The van der Waals surface area contributed by atoms with Crippen LogP contribution in [0.3, 0.4) is 0 Å². The van der Waals surface area contributed by atoms with Gasteiger partial charge in [-0.15, -0.1) is 0 Å². The Hall–Kier alpha value is -0.0500. The molecular weight excluding hydrogens is 175 g/mol. The molecule has 0 fully saturated rings. The molecular formula is C10H13NaO2. The first-order chi connectivity index (χ1) is 5.79. The summed E-state index contributed by atoms with van der Waals surface area (Å²) in [5.41, 5.74) is 1.27. The summed E-state index contributed by atoms with van der Waals surface area (Å²) in [6, 6.07) is 0. The molecule has 0 unspecified atom stereocenters. The number of carbonyl (C=O) groups excluding carboxylic acids is 1. The number of carbonyl (C=O) groups is 1. The van der Waals surface area contributed by atoms with E-state index in [1.165, 1.54) is 5.57 Å². The molecule has 1 aliphatic carbocycles. The van der Waals surface area contributed by atoms with Crippen LogP contribution >= 0.6 is 0 Å². The van der Waals surface area contributed by atoms with Crippen LogP contribution in [0.25, 0.3) is 0 Å². The molecule has 0 atom stereocenters. The van der Waals surface area contributed by atoms with Crippen molar-refractivity contribution in [2.24, 2.45) is 0 Å². The summed E-state index contributed by atoms with van der Waals surface area (Å²) in [4.78, 5) is 10.1. The molecule has 0 spiro atoms. The van der Waals surface area contributed by atoms with Crippen LogP contribution in [0.5, 0.6) is 0 Å². The SMILES string of the molecule is O=C([O-])CCCC1=CCCC=C1.[Na+]. The van der Waals surface area contributed by atoms with E-state index < -0.39 is 5.97 Å². The molecule has 13 heavy (non-hydrogen) atoms. The van der Waals surface area contributed by atoms with E-state index in [4.69, 9.17) is 0 Å². The summed E-state index contributed by atoms with van der Waals surface area (Å²) in [5.74, 6) is -0.949. The van der Waals surface area contributed by atoms with Gasteiger partial charge in [0.1, 0.15) is 0 Å². The van der Waals surface area contributed by atoms with Gasteiger partial charge in [0.25, 0.3) is 0 Å². The van der Waals surface area contributed by atoms with Crippen LogP contribution < -0.4 is 34.7 Å². The van der Waals surface area contributed by atoms with Crippen LogP contribution in [0.15, 0.2) is 23.8 Å². The Kier molecular flexibility index (Phi) is 7.33. The van der Waals surface area contributed by atoms with E-state index >= 15 is 0 Å². The Morgan fingerprint density at radius 3 is 2.77 bits per heavy atom. The normalized spacial score (nSPS) is 14.6. The zero-order valence-corrected chi connectivity index (χ0v) is 10.1. The Morgan fingerprint density at radius 1 is 1.46 bits per heavy atom. The maximum atomic E-state index is 10.1. The predicted octanol–water partition coefficient (Wildman–Crippen LogP) is -1.81. The summed E-state index contributed by atoms with van der Waals surface area (Å²) in [7, 11) is 0. The molecule has 0 radical (unpaired) electrons. The van der Waals surface area contributed by atoms with Crippen molar-refractivity contribution in [2.75, 3.05) is 0 Å². The Labute approximate surface area is 101 Å². The van der Waals surface area contributed by atoms with Gasteiger partial charge in [0.15, 0.2) is 0 Å². The molecule has 0 aromatic carbocycles. The first-order valence-corrected chi connectivity index (χ1v) is 4.34. The van der Waals surface area contributed by atoms with Gasteiger partial charge in [-0.05, 0) is 32.1 Å². The fourth-order valence-corrected chi connectivity index (χ4v) is 1.29. The minimum atomic E-state index is -0.949. The van der Waals surface area contributed by atoms with Crippen molar-refractivity contribution >= 4 is 5.97 Å². The van der Waals surface area contributed by atoms with Crippen molar-refractivity contribution < 1.29 is 39.5 Å². The molecule has 0 aromatic heterocycles.